The highest BCUT2D eigenvalue weighted by atomic mass is 79.9. The summed E-state index contributed by atoms with van der Waals surface area (Å²) >= 11 is 3.77. The van der Waals surface area contributed by atoms with Gasteiger partial charge in [-0.1, -0.05) is 94.8 Å². The van der Waals surface area contributed by atoms with E-state index in [9.17, 15) is 0 Å². The molecule has 6 aromatic carbocycles. The largest absolute Gasteiger partial charge is 0.0616 e. The molecule has 126 valence electrons. The van der Waals surface area contributed by atoms with Crippen LogP contribution in [0, 0.1) is 0 Å². The molecule has 0 aliphatic heterocycles. The van der Waals surface area contributed by atoms with Gasteiger partial charge in [0.05, 0.1) is 0 Å². The van der Waals surface area contributed by atoms with Crippen molar-refractivity contribution in [2.24, 2.45) is 0 Å². The minimum absolute atomic E-state index is 1.16. The maximum absolute atomic E-state index is 3.77. The van der Waals surface area contributed by atoms with Gasteiger partial charge in [0.1, 0.15) is 0 Å². The molecule has 0 nitrogen and oxygen atoms in total. The number of fused-ring (bicyclic) bond motifs is 1. The molecule has 0 spiro atoms. The third kappa shape index (κ3) is 2.09. The maximum atomic E-state index is 3.77. The molecule has 0 atom stereocenters. The van der Waals surface area contributed by atoms with E-state index in [1.165, 1.54) is 54.2 Å². The van der Waals surface area contributed by atoms with Crippen molar-refractivity contribution in [3.63, 3.8) is 0 Å². The molecule has 1 heteroatoms. The molecule has 6 rings (SSSR count). The van der Waals surface area contributed by atoms with Crippen LogP contribution < -0.4 is 0 Å². The number of hydrogen-bond acceptors (Lipinski definition) is 0. The Bertz CT molecular complexity index is 1470. The van der Waals surface area contributed by atoms with Crippen molar-refractivity contribution in [1.82, 2.24) is 0 Å². The Balaban J connectivity index is 1.87. The zero-order valence-corrected chi connectivity index (χ0v) is 16.1. The van der Waals surface area contributed by atoms with Crippen molar-refractivity contribution in [2.75, 3.05) is 0 Å². The third-order valence-electron chi connectivity index (χ3n) is 5.65. The average Bonchev–Trinajstić information content (AvgIpc) is 2.72. The van der Waals surface area contributed by atoms with Gasteiger partial charge in [0, 0.05) is 4.47 Å². The van der Waals surface area contributed by atoms with Gasteiger partial charge in [-0.25, -0.2) is 0 Å². The maximum Gasteiger partial charge on any atom is 0.0260 e. The van der Waals surface area contributed by atoms with E-state index in [1.807, 2.05) is 0 Å². The second-order valence-corrected chi connectivity index (χ2v) is 7.97. The molecule has 0 aromatic heterocycles. The van der Waals surface area contributed by atoms with Gasteiger partial charge in [0.2, 0.25) is 0 Å². The van der Waals surface area contributed by atoms with E-state index < -0.39 is 0 Å². The summed E-state index contributed by atoms with van der Waals surface area (Å²) in [6.45, 7) is 0. The van der Waals surface area contributed by atoms with Crippen LogP contribution in [-0.4, -0.2) is 0 Å². The van der Waals surface area contributed by atoms with Gasteiger partial charge < -0.3 is 0 Å². The van der Waals surface area contributed by atoms with Gasteiger partial charge in [-0.3, -0.25) is 0 Å². The fourth-order valence-corrected chi connectivity index (χ4v) is 5.07. The first-order valence-electron chi connectivity index (χ1n) is 9.15. The zero-order chi connectivity index (χ0) is 18.0. The molecule has 0 bridgehead atoms. The summed E-state index contributed by atoms with van der Waals surface area (Å²) in [5.74, 6) is 0. The predicted octanol–water partition coefficient (Wildman–Crippen LogP) is 8.17. The third-order valence-corrected chi connectivity index (χ3v) is 6.31. The first-order chi connectivity index (χ1) is 13.3. The molecule has 0 saturated heterocycles. The Labute approximate surface area is 165 Å². The molecule has 0 unspecified atom stereocenters. The van der Waals surface area contributed by atoms with Gasteiger partial charge in [0.15, 0.2) is 0 Å². The lowest BCUT2D eigenvalue weighted by atomic mass is 9.87. The fourth-order valence-electron chi connectivity index (χ4n) is 4.49. The summed E-state index contributed by atoms with van der Waals surface area (Å²) in [5.41, 5.74) is 2.60. The predicted molar refractivity (Wildman–Crippen MR) is 121 cm³/mol. The number of benzene rings is 6. The Kier molecular flexibility index (Phi) is 3.12. The minimum atomic E-state index is 1.16. The molecule has 0 radical (unpaired) electrons. The first kappa shape index (κ1) is 15.2. The first-order valence-corrected chi connectivity index (χ1v) is 9.95. The van der Waals surface area contributed by atoms with Gasteiger partial charge in [0.25, 0.3) is 0 Å². The highest BCUT2D eigenvalue weighted by Gasteiger charge is 2.15. The van der Waals surface area contributed by atoms with Crippen molar-refractivity contribution in [2.45, 2.75) is 0 Å². The second-order valence-electron chi connectivity index (χ2n) is 7.12. The second kappa shape index (κ2) is 5.55. The zero-order valence-electron chi connectivity index (χ0n) is 14.5. The summed E-state index contributed by atoms with van der Waals surface area (Å²) in [6, 6.07) is 33.1. The topological polar surface area (TPSA) is 0 Å². The van der Waals surface area contributed by atoms with E-state index in [0.717, 1.165) is 4.47 Å². The summed E-state index contributed by atoms with van der Waals surface area (Å²) in [7, 11) is 0. The molecule has 0 saturated carbocycles. The molecule has 0 aliphatic rings. The van der Waals surface area contributed by atoms with Gasteiger partial charge in [-0.2, -0.15) is 0 Å². The van der Waals surface area contributed by atoms with E-state index in [-0.39, 0.29) is 0 Å². The van der Waals surface area contributed by atoms with Crippen LogP contribution in [0.2, 0.25) is 0 Å². The van der Waals surface area contributed by atoms with Crippen LogP contribution in [-0.2, 0) is 0 Å². The molecule has 0 aliphatic carbocycles. The van der Waals surface area contributed by atoms with E-state index in [1.54, 1.807) is 0 Å². The monoisotopic (exact) mass is 406 g/mol. The normalized spacial score (nSPS) is 11.9. The Morgan fingerprint density at radius 1 is 0.444 bits per heavy atom. The molecule has 0 amide bonds. The summed E-state index contributed by atoms with van der Waals surface area (Å²) < 4.78 is 1.16. The summed E-state index contributed by atoms with van der Waals surface area (Å²) in [6.07, 6.45) is 0. The van der Waals surface area contributed by atoms with Crippen LogP contribution in [0.25, 0.3) is 54.2 Å². The van der Waals surface area contributed by atoms with E-state index in [0.29, 0.717) is 0 Å². The Morgan fingerprint density at radius 2 is 1.04 bits per heavy atom. The lowest BCUT2D eigenvalue weighted by molar-refractivity contribution is 1.70. The molecule has 6 aromatic rings. The van der Waals surface area contributed by atoms with E-state index in [4.69, 9.17) is 0 Å². The lowest BCUT2D eigenvalue weighted by Gasteiger charge is -2.17. The molecule has 27 heavy (non-hydrogen) atoms. The van der Waals surface area contributed by atoms with Crippen molar-refractivity contribution < 1.29 is 0 Å². The molecule has 0 fully saturated rings. The SMILES string of the molecule is Brc1cc2cccc3c(-c4cccc5ccccc45)cc4cccc1c4c23. The quantitative estimate of drug-likeness (QED) is 0.241. The number of halogens is 1. The smallest absolute Gasteiger partial charge is 0.0260 e. The highest BCUT2D eigenvalue weighted by Crippen LogP contribution is 2.43. The van der Waals surface area contributed by atoms with Crippen LogP contribution in [0.15, 0.2) is 95.5 Å². The van der Waals surface area contributed by atoms with Crippen LogP contribution in [0.1, 0.15) is 0 Å². The van der Waals surface area contributed by atoms with Crippen LogP contribution in [0.3, 0.4) is 0 Å². The average molecular weight is 407 g/mol. The molecular formula is C26H15Br. The number of hydrogen-bond donors (Lipinski definition) is 0. The van der Waals surface area contributed by atoms with Crippen molar-refractivity contribution in [3.05, 3.63) is 95.5 Å². The van der Waals surface area contributed by atoms with Gasteiger partial charge in [-0.15, -0.1) is 0 Å². The van der Waals surface area contributed by atoms with Crippen molar-refractivity contribution in [3.8, 4) is 11.1 Å². The minimum Gasteiger partial charge on any atom is -0.0616 e. The summed E-state index contributed by atoms with van der Waals surface area (Å²) in [4.78, 5) is 0. The van der Waals surface area contributed by atoms with E-state index >= 15 is 0 Å². The highest BCUT2D eigenvalue weighted by molar-refractivity contribution is 9.10. The molecular weight excluding hydrogens is 392 g/mol. The standard InChI is InChI=1S/C26H15Br/c27-24-15-18-9-4-12-21-23(14-17-8-5-13-22(24)26(17)25(18)21)20-11-3-7-16-6-1-2-10-19(16)20/h1-15H. The molecule has 0 heterocycles. The van der Waals surface area contributed by atoms with Gasteiger partial charge >= 0.3 is 0 Å². The number of rotatable bonds is 1. The fraction of sp³-hybridized carbons (Fsp3) is 0. The Hall–Kier alpha value is -2.90. The summed E-state index contributed by atoms with van der Waals surface area (Å²) in [5, 5.41) is 10.5. The van der Waals surface area contributed by atoms with Crippen LogP contribution in [0.4, 0.5) is 0 Å². The van der Waals surface area contributed by atoms with Crippen molar-refractivity contribution >= 4 is 59.0 Å². The van der Waals surface area contributed by atoms with Crippen LogP contribution in [0.5, 0.6) is 0 Å². The lowest BCUT2D eigenvalue weighted by Crippen LogP contribution is -1.89. The van der Waals surface area contributed by atoms with E-state index in [2.05, 4.69) is 107 Å². The van der Waals surface area contributed by atoms with Gasteiger partial charge in [-0.05, 0) is 66.3 Å². The molecule has 0 N–H and O–H groups in total. The van der Waals surface area contributed by atoms with Crippen molar-refractivity contribution in [1.29, 1.82) is 0 Å². The Morgan fingerprint density at radius 3 is 1.93 bits per heavy atom. The van der Waals surface area contributed by atoms with Crippen LogP contribution >= 0.6 is 15.9 Å².